The van der Waals surface area contributed by atoms with Gasteiger partial charge in [0.1, 0.15) is 0 Å². The number of rotatable bonds is 9. The molecule has 0 aliphatic carbocycles. The minimum atomic E-state index is -4.60. The lowest BCUT2D eigenvalue weighted by atomic mass is 10.4. The molecule has 0 saturated heterocycles. The fourth-order valence-electron chi connectivity index (χ4n) is 0.727. The Labute approximate surface area is 123 Å². The van der Waals surface area contributed by atoms with E-state index >= 15 is 0 Å². The molecule has 0 aromatic carbocycles. The first-order valence-electron chi connectivity index (χ1n) is 5.82. The third kappa shape index (κ3) is 11.1. The summed E-state index contributed by atoms with van der Waals surface area (Å²) in [7, 11) is 0.539. The minimum absolute atomic E-state index is 0.139. The zero-order chi connectivity index (χ0) is 16.7. The van der Waals surface area contributed by atoms with Crippen molar-refractivity contribution in [3.05, 3.63) is 12.2 Å². The van der Waals surface area contributed by atoms with E-state index in [4.69, 9.17) is 0 Å². The summed E-state index contributed by atoms with van der Waals surface area (Å²) in [5, 5.41) is 0. The van der Waals surface area contributed by atoms with Crippen LogP contribution >= 0.6 is 7.82 Å². The Hall–Kier alpha value is -1.25. The lowest BCUT2D eigenvalue weighted by molar-refractivity contribution is -0.887. The van der Waals surface area contributed by atoms with Crippen molar-refractivity contribution in [3.8, 4) is 0 Å². The molecule has 0 aromatic heterocycles. The molecule has 0 aliphatic rings. The summed E-state index contributed by atoms with van der Waals surface area (Å²) in [5.41, 5.74) is 0.139. The van der Waals surface area contributed by atoms with Gasteiger partial charge in [0.2, 0.25) is 6.79 Å². The van der Waals surface area contributed by atoms with Gasteiger partial charge in [0.15, 0.2) is 13.3 Å². The molecule has 0 N–H and O–H groups in total. The van der Waals surface area contributed by atoms with Gasteiger partial charge in [-0.3, -0.25) is 9.09 Å². The Balaban J connectivity index is 3.99. The molecular formula is C11H20NO8P. The third-order valence-electron chi connectivity index (χ3n) is 1.70. The largest absolute Gasteiger partial charge is 0.756 e. The number of nitrogens with zero attached hydrogens (tertiary/aromatic N) is 1. The van der Waals surface area contributed by atoms with Crippen molar-refractivity contribution >= 4 is 19.8 Å². The first-order valence-corrected chi connectivity index (χ1v) is 7.28. The van der Waals surface area contributed by atoms with Crippen LogP contribution in [0.15, 0.2) is 12.2 Å². The van der Waals surface area contributed by atoms with Crippen LogP contribution in [0.5, 0.6) is 0 Å². The monoisotopic (exact) mass is 325 g/mol. The number of carbonyl (C=O) groups excluding carboxylic acids is 2. The van der Waals surface area contributed by atoms with Gasteiger partial charge in [-0.15, -0.1) is 0 Å². The van der Waals surface area contributed by atoms with Crippen LogP contribution in [0.25, 0.3) is 0 Å². The molecule has 21 heavy (non-hydrogen) atoms. The molecule has 9 nitrogen and oxygen atoms in total. The Morgan fingerprint density at radius 3 is 2.24 bits per heavy atom. The molecule has 1 atom stereocenters. The maximum Gasteiger partial charge on any atom is 0.335 e. The SMILES string of the molecule is C=C(C)C(=O)OCOC(=O)COP(=O)([O-])OC[N+](C)(C)C. The number of hydrogen-bond acceptors (Lipinski definition) is 8. The van der Waals surface area contributed by atoms with E-state index in [0.717, 1.165) is 0 Å². The van der Waals surface area contributed by atoms with Crippen LogP contribution < -0.4 is 4.89 Å². The molecule has 10 heteroatoms. The molecule has 122 valence electrons. The van der Waals surface area contributed by atoms with Gasteiger partial charge >= 0.3 is 11.9 Å². The van der Waals surface area contributed by atoms with Crippen molar-refractivity contribution in [2.45, 2.75) is 6.92 Å². The van der Waals surface area contributed by atoms with Crippen LogP contribution in [-0.4, -0.2) is 57.7 Å². The van der Waals surface area contributed by atoms with E-state index in [2.05, 4.69) is 25.1 Å². The van der Waals surface area contributed by atoms with Crippen molar-refractivity contribution < 1.29 is 42.1 Å². The standard InChI is InChI=1S/C11H20NO8P/c1-9(2)11(14)18-8-17-10(13)6-19-21(15,16)20-7-12(3,4)5/h1,6-8H2,2-5H3. The zero-order valence-electron chi connectivity index (χ0n) is 12.5. The van der Waals surface area contributed by atoms with Crippen LogP contribution in [0.2, 0.25) is 0 Å². The van der Waals surface area contributed by atoms with E-state index in [1.54, 1.807) is 21.1 Å². The zero-order valence-corrected chi connectivity index (χ0v) is 13.4. The number of ether oxygens (including phenoxy) is 2. The summed E-state index contributed by atoms with van der Waals surface area (Å²) in [4.78, 5) is 33.4. The first-order chi connectivity index (χ1) is 9.43. The highest BCUT2D eigenvalue weighted by Gasteiger charge is 2.18. The average molecular weight is 325 g/mol. The van der Waals surface area contributed by atoms with E-state index < -0.39 is 33.2 Å². The highest BCUT2D eigenvalue weighted by atomic mass is 31.2. The van der Waals surface area contributed by atoms with E-state index in [9.17, 15) is 19.0 Å². The van der Waals surface area contributed by atoms with Gasteiger partial charge in [-0.05, 0) is 6.92 Å². The summed E-state index contributed by atoms with van der Waals surface area (Å²) < 4.78 is 29.4. The number of carbonyl (C=O) groups is 2. The number of phosphoric acid groups is 1. The van der Waals surface area contributed by atoms with Gasteiger partial charge in [0.25, 0.3) is 7.82 Å². The molecule has 0 amide bonds. The summed E-state index contributed by atoms with van der Waals surface area (Å²) in [6.45, 7) is 3.07. The molecule has 0 radical (unpaired) electrons. The van der Waals surface area contributed by atoms with Crippen LogP contribution in [-0.2, 0) is 32.7 Å². The molecular weight excluding hydrogens is 305 g/mol. The third-order valence-corrected chi connectivity index (χ3v) is 2.58. The van der Waals surface area contributed by atoms with E-state index in [0.29, 0.717) is 0 Å². The van der Waals surface area contributed by atoms with Crippen LogP contribution in [0.4, 0.5) is 0 Å². The Bertz CT molecular complexity index is 442. The first kappa shape index (κ1) is 19.8. The van der Waals surface area contributed by atoms with Gasteiger partial charge in [0, 0.05) is 5.57 Å². The fourth-order valence-corrected chi connectivity index (χ4v) is 1.55. The van der Waals surface area contributed by atoms with E-state index in [1.165, 1.54) is 6.92 Å². The predicted octanol–water partition coefficient (Wildman–Crippen LogP) is -0.228. The van der Waals surface area contributed by atoms with Gasteiger partial charge in [-0.25, -0.2) is 9.59 Å². The number of esters is 2. The molecule has 0 aliphatic heterocycles. The lowest BCUT2D eigenvalue weighted by Gasteiger charge is -2.28. The van der Waals surface area contributed by atoms with E-state index in [1.807, 2.05) is 0 Å². The topological polar surface area (TPSA) is 111 Å². The van der Waals surface area contributed by atoms with Gasteiger partial charge < -0.3 is 23.4 Å². The molecule has 0 heterocycles. The average Bonchev–Trinajstić information content (AvgIpc) is 2.33. The lowest BCUT2D eigenvalue weighted by Crippen LogP contribution is -2.37. The highest BCUT2D eigenvalue weighted by Crippen LogP contribution is 2.38. The normalized spacial score (nSPS) is 14.1. The van der Waals surface area contributed by atoms with Crippen molar-refractivity contribution in [1.29, 1.82) is 0 Å². The summed E-state index contributed by atoms with van der Waals surface area (Å²) in [6.07, 6.45) is 0. The smallest absolute Gasteiger partial charge is 0.335 e. The minimum Gasteiger partial charge on any atom is -0.756 e. The van der Waals surface area contributed by atoms with Crippen molar-refractivity contribution in [2.24, 2.45) is 0 Å². The second-order valence-corrected chi connectivity index (χ2v) is 6.53. The van der Waals surface area contributed by atoms with Crippen molar-refractivity contribution in [2.75, 3.05) is 41.3 Å². The summed E-state index contributed by atoms with van der Waals surface area (Å²) in [6, 6.07) is 0. The second-order valence-electron chi connectivity index (χ2n) is 5.12. The molecule has 0 aromatic rings. The number of hydrogen-bond donors (Lipinski definition) is 0. The number of quaternary nitrogens is 1. The number of phosphoric ester groups is 1. The van der Waals surface area contributed by atoms with Gasteiger partial charge in [-0.1, -0.05) is 6.58 Å². The fraction of sp³-hybridized carbons (Fsp3) is 0.636. The Morgan fingerprint density at radius 2 is 1.76 bits per heavy atom. The van der Waals surface area contributed by atoms with Crippen LogP contribution in [0.3, 0.4) is 0 Å². The highest BCUT2D eigenvalue weighted by molar-refractivity contribution is 7.45. The van der Waals surface area contributed by atoms with Crippen molar-refractivity contribution in [1.82, 2.24) is 0 Å². The summed E-state index contributed by atoms with van der Waals surface area (Å²) in [5.74, 6) is -1.75. The van der Waals surface area contributed by atoms with E-state index in [-0.39, 0.29) is 16.8 Å². The van der Waals surface area contributed by atoms with Crippen LogP contribution in [0, 0.1) is 0 Å². The maximum atomic E-state index is 11.3. The van der Waals surface area contributed by atoms with Gasteiger partial charge in [-0.2, -0.15) is 0 Å². The van der Waals surface area contributed by atoms with Gasteiger partial charge in [0.05, 0.1) is 21.1 Å². The van der Waals surface area contributed by atoms with Crippen LogP contribution in [0.1, 0.15) is 6.92 Å². The van der Waals surface area contributed by atoms with Crippen molar-refractivity contribution in [3.63, 3.8) is 0 Å². The molecule has 0 saturated carbocycles. The molecule has 1 unspecified atom stereocenters. The maximum absolute atomic E-state index is 11.3. The second kappa shape index (κ2) is 8.26. The quantitative estimate of drug-likeness (QED) is 0.188. The molecule has 0 spiro atoms. The molecule has 0 rings (SSSR count). The predicted molar refractivity (Wildman–Crippen MR) is 69.4 cm³/mol. The summed E-state index contributed by atoms with van der Waals surface area (Å²) >= 11 is 0. The molecule has 0 fully saturated rings. The Kier molecular flexibility index (Phi) is 7.76. The molecule has 0 bridgehead atoms. The Morgan fingerprint density at radius 1 is 1.19 bits per heavy atom.